The molecule has 1 aliphatic carbocycles. The van der Waals surface area contributed by atoms with Gasteiger partial charge in [0.2, 0.25) is 5.90 Å². The fourth-order valence-electron chi connectivity index (χ4n) is 2.73. The highest BCUT2D eigenvalue weighted by Crippen LogP contribution is 2.30. The number of dihydropyridines is 1. The maximum absolute atomic E-state index is 14.2. The van der Waals surface area contributed by atoms with Crippen LogP contribution in [-0.4, -0.2) is 29.7 Å². The molecule has 0 saturated heterocycles. The second kappa shape index (κ2) is 8.14. The SMILES string of the molecule is O=C(O)CCCOc1ccc(C2CC=CC(OC3CCC3)=N2)cc1F. The van der Waals surface area contributed by atoms with Crippen molar-refractivity contribution in [3.05, 3.63) is 41.7 Å². The van der Waals surface area contributed by atoms with Crippen molar-refractivity contribution in [2.75, 3.05) is 6.61 Å². The number of rotatable bonds is 7. The van der Waals surface area contributed by atoms with Crippen LogP contribution in [0, 0.1) is 5.82 Å². The van der Waals surface area contributed by atoms with Gasteiger partial charge in [-0.1, -0.05) is 12.1 Å². The van der Waals surface area contributed by atoms with Gasteiger partial charge < -0.3 is 14.6 Å². The quantitative estimate of drug-likeness (QED) is 0.756. The van der Waals surface area contributed by atoms with Crippen molar-refractivity contribution < 1.29 is 23.8 Å². The van der Waals surface area contributed by atoms with Crippen molar-refractivity contribution in [2.45, 2.75) is 50.7 Å². The minimum atomic E-state index is -0.887. The van der Waals surface area contributed by atoms with Gasteiger partial charge in [-0.25, -0.2) is 9.38 Å². The van der Waals surface area contributed by atoms with E-state index in [2.05, 4.69) is 4.99 Å². The summed E-state index contributed by atoms with van der Waals surface area (Å²) in [4.78, 5) is 15.0. The van der Waals surface area contributed by atoms with Crippen LogP contribution in [0.25, 0.3) is 0 Å². The van der Waals surface area contributed by atoms with Crippen molar-refractivity contribution in [1.29, 1.82) is 0 Å². The predicted molar refractivity (Wildman–Crippen MR) is 91.4 cm³/mol. The van der Waals surface area contributed by atoms with Gasteiger partial charge in [0.15, 0.2) is 11.6 Å². The Morgan fingerprint density at radius 3 is 2.88 bits per heavy atom. The molecule has 1 aromatic rings. The Morgan fingerprint density at radius 1 is 1.36 bits per heavy atom. The summed E-state index contributed by atoms with van der Waals surface area (Å²) in [7, 11) is 0. The van der Waals surface area contributed by atoms with Crippen LogP contribution in [0.1, 0.15) is 50.1 Å². The zero-order chi connectivity index (χ0) is 17.6. The summed E-state index contributed by atoms with van der Waals surface area (Å²) in [5, 5.41) is 8.58. The molecule has 0 spiro atoms. The van der Waals surface area contributed by atoms with Crippen LogP contribution in [0.3, 0.4) is 0 Å². The molecule has 1 unspecified atom stereocenters. The number of aliphatic imine (C=N–C) groups is 1. The fourth-order valence-corrected chi connectivity index (χ4v) is 2.73. The van der Waals surface area contributed by atoms with Crippen molar-refractivity contribution in [3.8, 4) is 5.75 Å². The number of carboxylic acids is 1. The molecule has 1 fully saturated rings. The molecule has 1 aromatic carbocycles. The summed E-state index contributed by atoms with van der Waals surface area (Å²) >= 11 is 0. The van der Waals surface area contributed by atoms with E-state index in [-0.39, 0.29) is 30.9 Å². The first-order valence-electron chi connectivity index (χ1n) is 8.67. The van der Waals surface area contributed by atoms with Gasteiger partial charge in [-0.2, -0.15) is 0 Å². The van der Waals surface area contributed by atoms with Gasteiger partial charge in [-0.3, -0.25) is 4.79 Å². The standard InChI is InChI=1S/C19H22FNO4/c20-15-12-13(9-10-17(15)24-11-3-8-19(22)23)16-6-2-7-18(21-16)25-14-4-1-5-14/h2,7,9-10,12,14,16H,1,3-6,8,11H2,(H,22,23). The topological polar surface area (TPSA) is 68.1 Å². The second-order valence-electron chi connectivity index (χ2n) is 6.33. The number of ether oxygens (including phenoxy) is 2. The summed E-state index contributed by atoms with van der Waals surface area (Å²) < 4.78 is 25.3. The molecule has 0 radical (unpaired) electrons. The molecule has 1 saturated carbocycles. The van der Waals surface area contributed by atoms with Gasteiger partial charge in [-0.15, -0.1) is 0 Å². The number of carboxylic acid groups (broad SMARTS) is 1. The largest absolute Gasteiger partial charge is 0.491 e. The van der Waals surface area contributed by atoms with Crippen LogP contribution in [0.15, 0.2) is 35.3 Å². The number of hydrogen-bond donors (Lipinski definition) is 1. The first kappa shape index (κ1) is 17.5. The lowest BCUT2D eigenvalue weighted by molar-refractivity contribution is -0.137. The summed E-state index contributed by atoms with van der Waals surface area (Å²) in [6.45, 7) is 0.173. The third-order valence-electron chi connectivity index (χ3n) is 4.38. The fraction of sp³-hybridized carbons (Fsp3) is 0.474. The van der Waals surface area contributed by atoms with Gasteiger partial charge in [0, 0.05) is 6.42 Å². The van der Waals surface area contributed by atoms with Crippen LogP contribution in [0.2, 0.25) is 0 Å². The second-order valence-corrected chi connectivity index (χ2v) is 6.33. The molecule has 25 heavy (non-hydrogen) atoms. The molecule has 1 atom stereocenters. The van der Waals surface area contributed by atoms with E-state index < -0.39 is 11.8 Å². The minimum Gasteiger partial charge on any atom is -0.491 e. The van der Waals surface area contributed by atoms with Gasteiger partial charge >= 0.3 is 5.97 Å². The molecule has 1 aliphatic heterocycles. The summed E-state index contributed by atoms with van der Waals surface area (Å²) in [6.07, 6.45) is 8.54. The van der Waals surface area contributed by atoms with Crippen molar-refractivity contribution in [3.63, 3.8) is 0 Å². The number of hydrogen-bond acceptors (Lipinski definition) is 4. The van der Waals surface area contributed by atoms with E-state index in [4.69, 9.17) is 14.6 Å². The Morgan fingerprint density at radius 2 is 2.20 bits per heavy atom. The summed E-state index contributed by atoms with van der Waals surface area (Å²) in [6, 6.07) is 4.65. The highest BCUT2D eigenvalue weighted by Gasteiger charge is 2.22. The maximum atomic E-state index is 14.2. The number of benzene rings is 1. The molecule has 5 nitrogen and oxygen atoms in total. The van der Waals surface area contributed by atoms with Crippen LogP contribution in [-0.2, 0) is 9.53 Å². The van der Waals surface area contributed by atoms with Gasteiger partial charge in [0.1, 0.15) is 6.10 Å². The van der Waals surface area contributed by atoms with Gasteiger partial charge in [-0.05, 0) is 55.9 Å². The molecule has 134 valence electrons. The Balaban J connectivity index is 1.59. The molecule has 2 aliphatic rings. The highest BCUT2D eigenvalue weighted by atomic mass is 19.1. The molecular formula is C19H22FNO4. The van der Waals surface area contributed by atoms with E-state index in [1.807, 2.05) is 12.2 Å². The molecule has 1 N–H and O–H groups in total. The lowest BCUT2D eigenvalue weighted by atomic mass is 9.96. The van der Waals surface area contributed by atoms with Crippen LogP contribution in [0.5, 0.6) is 5.75 Å². The van der Waals surface area contributed by atoms with E-state index in [9.17, 15) is 9.18 Å². The van der Waals surface area contributed by atoms with Crippen molar-refractivity contribution in [1.82, 2.24) is 0 Å². The molecule has 3 rings (SSSR count). The van der Waals surface area contributed by atoms with E-state index in [1.54, 1.807) is 12.1 Å². The number of halogens is 1. The van der Waals surface area contributed by atoms with Gasteiger partial charge in [0.25, 0.3) is 0 Å². The smallest absolute Gasteiger partial charge is 0.303 e. The summed E-state index contributed by atoms with van der Waals surface area (Å²) in [5.74, 6) is -0.590. The zero-order valence-corrected chi connectivity index (χ0v) is 14.0. The first-order chi connectivity index (χ1) is 12.1. The Hall–Kier alpha value is -2.37. The molecule has 0 bridgehead atoms. The molecule has 6 heteroatoms. The van der Waals surface area contributed by atoms with Crippen LogP contribution >= 0.6 is 0 Å². The Bertz CT molecular complexity index is 682. The number of carbonyl (C=O) groups is 1. The molecular weight excluding hydrogens is 325 g/mol. The third kappa shape index (κ3) is 4.81. The van der Waals surface area contributed by atoms with Gasteiger partial charge in [0.05, 0.1) is 12.6 Å². The van der Waals surface area contributed by atoms with E-state index >= 15 is 0 Å². The average Bonchev–Trinajstić information content (AvgIpc) is 2.56. The molecule has 1 heterocycles. The highest BCUT2D eigenvalue weighted by molar-refractivity contribution is 5.88. The Kier molecular flexibility index (Phi) is 5.68. The predicted octanol–water partition coefficient (Wildman–Crippen LogP) is 4.04. The first-order valence-corrected chi connectivity index (χ1v) is 8.67. The normalized spacial score (nSPS) is 19.9. The number of nitrogens with zero attached hydrogens (tertiary/aromatic N) is 1. The summed E-state index contributed by atoms with van der Waals surface area (Å²) in [5.41, 5.74) is 0.773. The Labute approximate surface area is 146 Å². The lowest BCUT2D eigenvalue weighted by Crippen LogP contribution is -2.25. The maximum Gasteiger partial charge on any atom is 0.303 e. The van der Waals surface area contributed by atoms with Crippen molar-refractivity contribution in [2.24, 2.45) is 4.99 Å². The minimum absolute atomic E-state index is 0.00654. The van der Waals surface area contributed by atoms with Crippen molar-refractivity contribution >= 4 is 11.9 Å². The van der Waals surface area contributed by atoms with E-state index in [0.717, 1.165) is 18.4 Å². The third-order valence-corrected chi connectivity index (χ3v) is 4.38. The molecule has 0 aromatic heterocycles. The number of aliphatic carboxylic acids is 1. The monoisotopic (exact) mass is 347 g/mol. The van der Waals surface area contributed by atoms with E-state index in [1.165, 1.54) is 12.5 Å². The van der Waals surface area contributed by atoms with E-state index in [0.29, 0.717) is 18.7 Å². The zero-order valence-electron chi connectivity index (χ0n) is 14.0. The lowest BCUT2D eigenvalue weighted by Gasteiger charge is -2.27. The van der Waals surface area contributed by atoms with Crippen LogP contribution < -0.4 is 4.74 Å². The molecule has 0 amide bonds. The average molecular weight is 347 g/mol. The van der Waals surface area contributed by atoms with Crippen LogP contribution in [0.4, 0.5) is 4.39 Å².